The number of aryl methyl sites for hydroxylation is 1. The highest BCUT2D eigenvalue weighted by Gasteiger charge is 2.18. The third-order valence-corrected chi connectivity index (χ3v) is 5.30. The zero-order chi connectivity index (χ0) is 18.0. The topological polar surface area (TPSA) is 81.2 Å². The Morgan fingerprint density at radius 2 is 1.92 bits per heavy atom. The predicted octanol–water partition coefficient (Wildman–Crippen LogP) is 3.75. The first kappa shape index (κ1) is 17.2. The largest absolute Gasteiger partial charge is 0.465 e. The van der Waals surface area contributed by atoms with Crippen molar-refractivity contribution in [2.45, 2.75) is 6.92 Å². The number of nitrogens with zero attached hydrogens (tertiary/aromatic N) is 2. The molecule has 0 radical (unpaired) electrons. The third kappa shape index (κ3) is 3.72. The van der Waals surface area contributed by atoms with Crippen LogP contribution in [-0.4, -0.2) is 29.0 Å². The van der Waals surface area contributed by atoms with Crippen molar-refractivity contribution in [3.8, 4) is 10.6 Å². The summed E-state index contributed by atoms with van der Waals surface area (Å²) in [7, 11) is 1.28. The van der Waals surface area contributed by atoms with Gasteiger partial charge in [-0.05, 0) is 31.2 Å². The highest BCUT2D eigenvalue weighted by Crippen LogP contribution is 2.29. The first-order valence-corrected chi connectivity index (χ1v) is 8.70. The molecule has 3 rings (SSSR count). The molecule has 0 spiro atoms. The number of hydrogen-bond acceptors (Lipinski definition) is 7. The standard InChI is InChI=1S/C16H12FN3O3S2/c1-8-12(25-14(19-8)9-3-5-10(17)6-4-9)13(21)20-16-18-7-11(24-16)15(22)23-2/h3-7H,1-2H3,(H,18,20,21). The number of ether oxygens (including phenoxy) is 1. The normalized spacial score (nSPS) is 10.5. The van der Waals surface area contributed by atoms with Crippen LogP contribution in [0.2, 0.25) is 0 Å². The van der Waals surface area contributed by atoms with E-state index in [2.05, 4.69) is 20.0 Å². The molecule has 0 bridgehead atoms. The van der Waals surface area contributed by atoms with Gasteiger partial charge in [-0.1, -0.05) is 11.3 Å². The Kier molecular flexibility index (Phi) is 4.86. The minimum absolute atomic E-state index is 0.293. The fourth-order valence-corrected chi connectivity index (χ4v) is 3.70. The number of amides is 1. The van der Waals surface area contributed by atoms with Gasteiger partial charge < -0.3 is 4.74 Å². The number of aromatic nitrogens is 2. The summed E-state index contributed by atoms with van der Waals surface area (Å²) in [6.07, 6.45) is 1.34. The van der Waals surface area contributed by atoms with Crippen LogP contribution in [0.3, 0.4) is 0 Å². The lowest BCUT2D eigenvalue weighted by atomic mass is 10.2. The molecule has 0 fully saturated rings. The van der Waals surface area contributed by atoms with Gasteiger partial charge in [0.15, 0.2) is 5.13 Å². The summed E-state index contributed by atoms with van der Waals surface area (Å²) in [5.41, 5.74) is 1.29. The molecular formula is C16H12FN3O3S2. The van der Waals surface area contributed by atoms with Crippen molar-refractivity contribution in [2.24, 2.45) is 0 Å². The Morgan fingerprint density at radius 3 is 2.60 bits per heavy atom. The number of rotatable bonds is 4. The molecule has 1 N–H and O–H groups in total. The van der Waals surface area contributed by atoms with Gasteiger partial charge in [0, 0.05) is 5.56 Å². The molecule has 2 heterocycles. The fraction of sp³-hybridized carbons (Fsp3) is 0.125. The minimum Gasteiger partial charge on any atom is -0.465 e. The molecule has 1 aromatic carbocycles. The SMILES string of the molecule is COC(=O)c1cnc(NC(=O)c2sc(-c3ccc(F)cc3)nc2C)s1. The number of nitrogens with one attached hydrogen (secondary N) is 1. The van der Waals surface area contributed by atoms with Gasteiger partial charge in [0.1, 0.15) is 20.6 Å². The second-order valence-corrected chi connectivity index (χ2v) is 6.95. The van der Waals surface area contributed by atoms with Crippen molar-refractivity contribution in [3.63, 3.8) is 0 Å². The first-order valence-electron chi connectivity index (χ1n) is 7.07. The van der Waals surface area contributed by atoms with Crippen LogP contribution in [0.25, 0.3) is 10.6 Å². The van der Waals surface area contributed by atoms with Crippen LogP contribution in [0.15, 0.2) is 30.5 Å². The Balaban J connectivity index is 1.79. The maximum atomic E-state index is 13.0. The van der Waals surface area contributed by atoms with Crippen LogP contribution in [0.1, 0.15) is 25.0 Å². The zero-order valence-corrected chi connectivity index (χ0v) is 14.8. The molecule has 0 saturated heterocycles. The Bertz CT molecular complexity index is 935. The molecule has 128 valence electrons. The minimum atomic E-state index is -0.509. The number of carbonyl (C=O) groups excluding carboxylic acids is 2. The van der Waals surface area contributed by atoms with Gasteiger partial charge in [-0.2, -0.15) is 0 Å². The number of hydrogen-bond donors (Lipinski definition) is 1. The summed E-state index contributed by atoms with van der Waals surface area (Å²) in [6.45, 7) is 1.72. The molecule has 0 saturated carbocycles. The smallest absolute Gasteiger partial charge is 0.349 e. The van der Waals surface area contributed by atoms with Gasteiger partial charge >= 0.3 is 5.97 Å². The van der Waals surface area contributed by atoms with Crippen molar-refractivity contribution in [2.75, 3.05) is 12.4 Å². The van der Waals surface area contributed by atoms with E-state index in [1.165, 1.54) is 36.8 Å². The highest BCUT2D eigenvalue weighted by molar-refractivity contribution is 7.18. The summed E-state index contributed by atoms with van der Waals surface area (Å²) >= 11 is 2.23. The van der Waals surface area contributed by atoms with Gasteiger partial charge in [-0.15, -0.1) is 11.3 Å². The molecule has 9 heteroatoms. The van der Waals surface area contributed by atoms with Crippen molar-refractivity contribution in [1.29, 1.82) is 0 Å². The zero-order valence-electron chi connectivity index (χ0n) is 13.2. The summed E-state index contributed by atoms with van der Waals surface area (Å²) in [5.74, 6) is -1.21. The lowest BCUT2D eigenvalue weighted by Crippen LogP contribution is -2.11. The molecule has 6 nitrogen and oxygen atoms in total. The summed E-state index contributed by atoms with van der Waals surface area (Å²) in [5, 5.41) is 3.56. The number of anilines is 1. The summed E-state index contributed by atoms with van der Waals surface area (Å²) in [4.78, 5) is 32.9. The second kappa shape index (κ2) is 7.08. The highest BCUT2D eigenvalue weighted by atomic mass is 32.1. The van der Waals surface area contributed by atoms with Crippen molar-refractivity contribution in [1.82, 2.24) is 9.97 Å². The van der Waals surface area contributed by atoms with E-state index in [-0.39, 0.29) is 11.7 Å². The number of methoxy groups -OCH3 is 1. The van der Waals surface area contributed by atoms with E-state index in [4.69, 9.17) is 0 Å². The van der Waals surface area contributed by atoms with E-state index >= 15 is 0 Å². The van der Waals surface area contributed by atoms with Crippen LogP contribution < -0.4 is 5.32 Å². The molecule has 0 aliphatic carbocycles. The lowest BCUT2D eigenvalue weighted by molar-refractivity contribution is 0.0606. The van der Waals surface area contributed by atoms with E-state index in [0.29, 0.717) is 25.6 Å². The van der Waals surface area contributed by atoms with E-state index in [1.54, 1.807) is 19.1 Å². The summed E-state index contributed by atoms with van der Waals surface area (Å²) in [6, 6.07) is 5.91. The lowest BCUT2D eigenvalue weighted by Gasteiger charge is -1.99. The Morgan fingerprint density at radius 1 is 1.20 bits per heavy atom. The van der Waals surface area contributed by atoms with E-state index in [0.717, 1.165) is 16.9 Å². The fourth-order valence-electron chi connectivity index (χ4n) is 2.00. The van der Waals surface area contributed by atoms with Crippen LogP contribution in [0.5, 0.6) is 0 Å². The maximum Gasteiger partial charge on any atom is 0.349 e. The van der Waals surface area contributed by atoms with Crippen LogP contribution in [-0.2, 0) is 4.74 Å². The quantitative estimate of drug-likeness (QED) is 0.700. The average Bonchev–Trinajstić information content (AvgIpc) is 3.21. The molecule has 0 atom stereocenters. The monoisotopic (exact) mass is 377 g/mol. The van der Waals surface area contributed by atoms with E-state index < -0.39 is 5.97 Å². The number of halogens is 1. The molecular weight excluding hydrogens is 365 g/mol. The first-order chi connectivity index (χ1) is 12.0. The molecule has 1 amide bonds. The molecule has 3 aromatic rings. The van der Waals surface area contributed by atoms with Crippen LogP contribution in [0, 0.1) is 12.7 Å². The van der Waals surface area contributed by atoms with Crippen molar-refractivity contribution >= 4 is 39.7 Å². The van der Waals surface area contributed by atoms with Crippen molar-refractivity contribution < 1.29 is 18.7 Å². The number of thiazole rings is 2. The van der Waals surface area contributed by atoms with Crippen LogP contribution in [0.4, 0.5) is 9.52 Å². The van der Waals surface area contributed by atoms with Gasteiger partial charge in [0.05, 0.1) is 19.0 Å². The van der Waals surface area contributed by atoms with Gasteiger partial charge in [0.2, 0.25) is 0 Å². The number of benzene rings is 1. The van der Waals surface area contributed by atoms with Gasteiger partial charge in [0.25, 0.3) is 5.91 Å². The third-order valence-electron chi connectivity index (χ3n) is 3.21. The summed E-state index contributed by atoms with van der Waals surface area (Å²) < 4.78 is 17.6. The average molecular weight is 377 g/mol. The van der Waals surface area contributed by atoms with Crippen LogP contribution >= 0.6 is 22.7 Å². The maximum absolute atomic E-state index is 13.0. The van der Waals surface area contributed by atoms with E-state index in [9.17, 15) is 14.0 Å². The van der Waals surface area contributed by atoms with Gasteiger partial charge in [-0.3, -0.25) is 10.1 Å². The van der Waals surface area contributed by atoms with Gasteiger partial charge in [-0.25, -0.2) is 19.2 Å². The molecule has 0 aliphatic heterocycles. The Labute approximate surface area is 150 Å². The molecule has 25 heavy (non-hydrogen) atoms. The predicted molar refractivity (Wildman–Crippen MR) is 93.7 cm³/mol. The number of carbonyl (C=O) groups is 2. The van der Waals surface area contributed by atoms with Crippen molar-refractivity contribution in [3.05, 3.63) is 51.7 Å². The van der Waals surface area contributed by atoms with E-state index in [1.807, 2.05) is 0 Å². The molecule has 0 unspecified atom stereocenters. The second-order valence-electron chi connectivity index (χ2n) is 4.92. The Hall–Kier alpha value is -2.65. The molecule has 2 aromatic heterocycles. The molecule has 0 aliphatic rings. The number of esters is 1.